The molecule has 3 rings (SSSR count). The van der Waals surface area contributed by atoms with E-state index in [2.05, 4.69) is 14.9 Å². The minimum Gasteiger partial charge on any atom is -0.460 e. The Balaban J connectivity index is 1.74. The van der Waals surface area contributed by atoms with Gasteiger partial charge in [-0.1, -0.05) is 12.1 Å². The number of imidazole rings is 1. The molecule has 1 aromatic carbocycles. The van der Waals surface area contributed by atoms with Gasteiger partial charge >= 0.3 is 5.97 Å². The average molecular weight is 301 g/mol. The molecule has 1 aromatic heterocycles. The van der Waals surface area contributed by atoms with Gasteiger partial charge in [-0.3, -0.25) is 4.79 Å². The van der Waals surface area contributed by atoms with E-state index in [1.165, 1.54) is 0 Å². The zero-order chi connectivity index (χ0) is 15.7. The molecule has 5 heteroatoms. The molecule has 1 aliphatic rings. The average Bonchev–Trinajstić information content (AvgIpc) is 2.89. The normalized spacial score (nSPS) is 19.4. The van der Waals surface area contributed by atoms with Crippen LogP contribution in [0.4, 0.5) is 5.95 Å². The number of esters is 1. The van der Waals surface area contributed by atoms with E-state index in [1.807, 2.05) is 45.0 Å². The van der Waals surface area contributed by atoms with Gasteiger partial charge in [-0.25, -0.2) is 4.98 Å². The third kappa shape index (κ3) is 3.24. The number of piperidine rings is 1. The highest BCUT2D eigenvalue weighted by Crippen LogP contribution is 2.25. The number of benzene rings is 1. The number of H-pyrrole nitrogens is 1. The van der Waals surface area contributed by atoms with Crippen LogP contribution in [-0.4, -0.2) is 34.6 Å². The predicted octanol–water partition coefficient (Wildman–Crippen LogP) is 3.12. The Labute approximate surface area is 130 Å². The second kappa shape index (κ2) is 5.63. The van der Waals surface area contributed by atoms with Crippen LogP contribution in [0.25, 0.3) is 11.0 Å². The van der Waals surface area contributed by atoms with Crippen LogP contribution in [0, 0.1) is 5.92 Å². The maximum atomic E-state index is 12.3. The van der Waals surface area contributed by atoms with E-state index in [9.17, 15) is 4.79 Å². The Kier molecular flexibility index (Phi) is 3.81. The fraction of sp³-hybridized carbons (Fsp3) is 0.529. The van der Waals surface area contributed by atoms with Crippen LogP contribution in [0.1, 0.15) is 33.6 Å². The van der Waals surface area contributed by atoms with Crippen LogP contribution in [0.5, 0.6) is 0 Å². The molecule has 2 heterocycles. The van der Waals surface area contributed by atoms with E-state index in [-0.39, 0.29) is 11.9 Å². The summed E-state index contributed by atoms with van der Waals surface area (Å²) in [6.07, 6.45) is 1.85. The number of anilines is 1. The minimum absolute atomic E-state index is 0.0822. The van der Waals surface area contributed by atoms with Crippen molar-refractivity contribution >= 4 is 23.0 Å². The molecular weight excluding hydrogens is 278 g/mol. The highest BCUT2D eigenvalue weighted by atomic mass is 16.6. The lowest BCUT2D eigenvalue weighted by atomic mass is 9.98. The number of fused-ring (bicyclic) bond motifs is 1. The van der Waals surface area contributed by atoms with E-state index >= 15 is 0 Å². The molecule has 0 radical (unpaired) electrons. The van der Waals surface area contributed by atoms with Crippen molar-refractivity contribution in [2.24, 2.45) is 5.92 Å². The van der Waals surface area contributed by atoms with Crippen LogP contribution in [0.3, 0.4) is 0 Å². The number of hydrogen-bond acceptors (Lipinski definition) is 4. The van der Waals surface area contributed by atoms with Crippen molar-refractivity contribution in [3.63, 3.8) is 0 Å². The van der Waals surface area contributed by atoms with Crippen molar-refractivity contribution in [2.45, 2.75) is 39.2 Å². The lowest BCUT2D eigenvalue weighted by molar-refractivity contribution is -0.160. The van der Waals surface area contributed by atoms with Gasteiger partial charge < -0.3 is 14.6 Å². The molecule has 118 valence electrons. The van der Waals surface area contributed by atoms with E-state index in [4.69, 9.17) is 4.74 Å². The van der Waals surface area contributed by atoms with E-state index in [0.717, 1.165) is 36.4 Å². The lowest BCUT2D eigenvalue weighted by Gasteiger charge is -2.32. The largest absolute Gasteiger partial charge is 0.460 e. The first kappa shape index (κ1) is 14.9. The number of carbonyl (C=O) groups excluding carboxylic acids is 1. The summed E-state index contributed by atoms with van der Waals surface area (Å²) >= 11 is 0. The van der Waals surface area contributed by atoms with Crippen LogP contribution in [0.15, 0.2) is 24.3 Å². The Morgan fingerprint density at radius 3 is 2.86 bits per heavy atom. The summed E-state index contributed by atoms with van der Waals surface area (Å²) in [6, 6.07) is 7.97. The molecule has 0 amide bonds. The summed E-state index contributed by atoms with van der Waals surface area (Å²) < 4.78 is 5.52. The maximum Gasteiger partial charge on any atom is 0.311 e. The third-order valence-corrected chi connectivity index (χ3v) is 3.84. The van der Waals surface area contributed by atoms with Gasteiger partial charge in [0.05, 0.1) is 17.0 Å². The number of hydrogen-bond donors (Lipinski definition) is 1. The monoisotopic (exact) mass is 301 g/mol. The molecule has 1 N–H and O–H groups in total. The molecule has 2 aromatic rings. The number of carbonyl (C=O) groups is 1. The highest BCUT2D eigenvalue weighted by Gasteiger charge is 2.30. The molecule has 1 aliphatic heterocycles. The molecule has 0 saturated carbocycles. The van der Waals surface area contributed by atoms with Crippen molar-refractivity contribution < 1.29 is 9.53 Å². The molecule has 0 spiro atoms. The standard InChI is InChI=1S/C17H23N3O2/c1-17(2,3)22-15(21)12-7-6-10-20(11-12)16-18-13-8-4-5-9-14(13)19-16/h4-5,8-9,12H,6-7,10-11H2,1-3H3,(H,18,19)/t12-/m0/s1. The van der Waals surface area contributed by atoms with Gasteiger partial charge in [-0.2, -0.15) is 0 Å². The zero-order valence-electron chi connectivity index (χ0n) is 13.4. The van der Waals surface area contributed by atoms with Crippen LogP contribution < -0.4 is 4.90 Å². The van der Waals surface area contributed by atoms with Crippen LogP contribution in [0.2, 0.25) is 0 Å². The van der Waals surface area contributed by atoms with Gasteiger partial charge in [0.2, 0.25) is 5.95 Å². The number of nitrogens with zero attached hydrogens (tertiary/aromatic N) is 2. The molecule has 0 aliphatic carbocycles. The molecule has 22 heavy (non-hydrogen) atoms. The van der Waals surface area contributed by atoms with E-state index < -0.39 is 5.60 Å². The molecular formula is C17H23N3O2. The molecule has 1 fully saturated rings. The summed E-state index contributed by atoms with van der Waals surface area (Å²) in [6.45, 7) is 7.30. The third-order valence-electron chi connectivity index (χ3n) is 3.84. The topological polar surface area (TPSA) is 58.2 Å². The van der Waals surface area contributed by atoms with Crippen molar-refractivity contribution in [1.82, 2.24) is 9.97 Å². The van der Waals surface area contributed by atoms with Crippen molar-refractivity contribution in [3.8, 4) is 0 Å². The number of nitrogens with one attached hydrogen (secondary N) is 1. The first-order valence-electron chi connectivity index (χ1n) is 7.85. The van der Waals surface area contributed by atoms with Crippen molar-refractivity contribution in [2.75, 3.05) is 18.0 Å². The summed E-state index contributed by atoms with van der Waals surface area (Å²) in [7, 11) is 0. The summed E-state index contributed by atoms with van der Waals surface area (Å²) in [5.41, 5.74) is 1.55. The van der Waals surface area contributed by atoms with Gasteiger partial charge in [0, 0.05) is 13.1 Å². The second-order valence-electron chi connectivity index (χ2n) is 6.90. The maximum absolute atomic E-state index is 12.3. The number of aromatic amines is 1. The fourth-order valence-corrected chi connectivity index (χ4v) is 2.84. The smallest absolute Gasteiger partial charge is 0.311 e. The first-order valence-corrected chi connectivity index (χ1v) is 7.85. The minimum atomic E-state index is -0.432. The molecule has 1 atom stereocenters. The number of ether oxygens (including phenoxy) is 1. The number of aromatic nitrogens is 2. The summed E-state index contributed by atoms with van der Waals surface area (Å²) in [5.74, 6) is 0.656. The lowest BCUT2D eigenvalue weighted by Crippen LogP contribution is -2.41. The quantitative estimate of drug-likeness (QED) is 0.866. The first-order chi connectivity index (χ1) is 10.4. The van der Waals surface area contributed by atoms with E-state index in [0.29, 0.717) is 6.54 Å². The zero-order valence-corrected chi connectivity index (χ0v) is 13.4. The number of para-hydroxylation sites is 2. The van der Waals surface area contributed by atoms with Gasteiger partial charge in [0.25, 0.3) is 0 Å². The molecule has 1 saturated heterocycles. The van der Waals surface area contributed by atoms with Gasteiger partial charge in [0.1, 0.15) is 5.60 Å². The van der Waals surface area contributed by atoms with Gasteiger partial charge in [0.15, 0.2) is 0 Å². The van der Waals surface area contributed by atoms with Crippen LogP contribution in [-0.2, 0) is 9.53 Å². The second-order valence-corrected chi connectivity index (χ2v) is 6.90. The SMILES string of the molecule is CC(C)(C)OC(=O)[C@H]1CCCN(c2nc3ccccc3[nH]2)C1. The molecule has 5 nitrogen and oxygen atoms in total. The van der Waals surface area contributed by atoms with Crippen LogP contribution >= 0.6 is 0 Å². The molecule has 0 bridgehead atoms. The predicted molar refractivity (Wildman–Crippen MR) is 86.9 cm³/mol. The Morgan fingerprint density at radius 2 is 2.14 bits per heavy atom. The van der Waals surface area contributed by atoms with Gasteiger partial charge in [-0.05, 0) is 45.7 Å². The summed E-state index contributed by atoms with van der Waals surface area (Å²) in [5, 5.41) is 0. The van der Waals surface area contributed by atoms with E-state index in [1.54, 1.807) is 0 Å². The Bertz CT molecular complexity index is 639. The van der Waals surface area contributed by atoms with Crippen molar-refractivity contribution in [3.05, 3.63) is 24.3 Å². The Hall–Kier alpha value is -2.04. The van der Waals surface area contributed by atoms with Crippen molar-refractivity contribution in [1.29, 1.82) is 0 Å². The molecule has 0 unspecified atom stereocenters. The number of rotatable bonds is 2. The van der Waals surface area contributed by atoms with Gasteiger partial charge in [-0.15, -0.1) is 0 Å². The summed E-state index contributed by atoms with van der Waals surface area (Å²) in [4.78, 5) is 22.4. The highest BCUT2D eigenvalue weighted by molar-refractivity contribution is 5.78. The Morgan fingerprint density at radius 1 is 1.36 bits per heavy atom. The fourth-order valence-electron chi connectivity index (χ4n) is 2.84.